The maximum atomic E-state index is 12.1. The van der Waals surface area contributed by atoms with Gasteiger partial charge in [0.05, 0.1) is 23.7 Å². The summed E-state index contributed by atoms with van der Waals surface area (Å²) in [7, 11) is 0. The first-order valence-electron chi connectivity index (χ1n) is 6.87. The van der Waals surface area contributed by atoms with Gasteiger partial charge < -0.3 is 9.52 Å². The molecule has 1 unspecified atom stereocenters. The van der Waals surface area contributed by atoms with Crippen molar-refractivity contribution >= 4 is 17.8 Å². The van der Waals surface area contributed by atoms with E-state index in [9.17, 15) is 14.4 Å². The van der Waals surface area contributed by atoms with E-state index in [0.29, 0.717) is 24.2 Å². The summed E-state index contributed by atoms with van der Waals surface area (Å²) in [6, 6.07) is 1.50. The molecule has 0 saturated heterocycles. The van der Waals surface area contributed by atoms with E-state index in [1.165, 1.54) is 12.3 Å². The number of aliphatic carboxylic acids is 1. The summed E-state index contributed by atoms with van der Waals surface area (Å²) in [4.78, 5) is 35.0. The molecule has 2 atom stereocenters. The van der Waals surface area contributed by atoms with Crippen LogP contribution in [0.3, 0.4) is 0 Å². The molecule has 1 fully saturated rings. The molecule has 2 amide bonds. The number of carbonyl (C=O) groups is 3. The van der Waals surface area contributed by atoms with E-state index in [0.717, 1.165) is 12.8 Å². The first kappa shape index (κ1) is 15.1. The zero-order chi connectivity index (χ0) is 15.4. The van der Waals surface area contributed by atoms with Crippen molar-refractivity contribution in [3.63, 3.8) is 0 Å². The predicted octanol–water partition coefficient (Wildman–Crippen LogP) is 1.24. The normalized spacial score (nSPS) is 21.6. The molecule has 7 nitrogen and oxygen atoms in total. The number of carboxylic acids is 1. The Balaban J connectivity index is 1.93. The summed E-state index contributed by atoms with van der Waals surface area (Å²) in [6.07, 6.45) is 4.01. The second kappa shape index (κ2) is 6.43. The highest BCUT2D eigenvalue weighted by molar-refractivity contribution is 5.96. The molecular formula is C14H18N2O5. The summed E-state index contributed by atoms with van der Waals surface area (Å²) in [6.45, 7) is 1.64. The monoisotopic (exact) mass is 294 g/mol. The van der Waals surface area contributed by atoms with Crippen LogP contribution < -0.4 is 10.9 Å². The first-order chi connectivity index (χ1) is 10.0. The van der Waals surface area contributed by atoms with Crippen LogP contribution in [0.4, 0.5) is 0 Å². The van der Waals surface area contributed by atoms with E-state index in [1.807, 2.05) is 0 Å². The van der Waals surface area contributed by atoms with Gasteiger partial charge in [-0.1, -0.05) is 12.8 Å². The van der Waals surface area contributed by atoms with Crippen molar-refractivity contribution in [1.82, 2.24) is 10.9 Å². The van der Waals surface area contributed by atoms with E-state index in [4.69, 9.17) is 9.52 Å². The summed E-state index contributed by atoms with van der Waals surface area (Å²) < 4.78 is 5.01. The van der Waals surface area contributed by atoms with Gasteiger partial charge in [0.2, 0.25) is 5.91 Å². The van der Waals surface area contributed by atoms with Crippen LogP contribution in [0.25, 0.3) is 0 Å². The van der Waals surface area contributed by atoms with Crippen LogP contribution in [-0.2, 0) is 9.59 Å². The van der Waals surface area contributed by atoms with Gasteiger partial charge in [0, 0.05) is 0 Å². The molecule has 0 radical (unpaired) electrons. The third-order valence-electron chi connectivity index (χ3n) is 3.82. The van der Waals surface area contributed by atoms with E-state index >= 15 is 0 Å². The molecule has 0 spiro atoms. The minimum atomic E-state index is -0.966. The number of hydrogen-bond donors (Lipinski definition) is 3. The Morgan fingerprint density at radius 3 is 2.43 bits per heavy atom. The Kier molecular flexibility index (Phi) is 4.62. The third kappa shape index (κ3) is 3.42. The topological polar surface area (TPSA) is 109 Å². The number of nitrogens with one attached hydrogen (secondary N) is 2. The summed E-state index contributed by atoms with van der Waals surface area (Å²) in [5, 5.41) is 9.14. The fourth-order valence-corrected chi connectivity index (χ4v) is 2.64. The van der Waals surface area contributed by atoms with E-state index in [2.05, 4.69) is 10.9 Å². The molecule has 1 aromatic heterocycles. The number of hydrogen-bond acceptors (Lipinski definition) is 4. The SMILES string of the molecule is Cc1occc1C(=O)NNC(=O)C1CCCC[C@@H]1C(=O)O. The molecule has 1 aromatic rings. The average Bonchev–Trinajstić information content (AvgIpc) is 2.90. The van der Waals surface area contributed by atoms with Gasteiger partial charge in [0.1, 0.15) is 5.76 Å². The Hall–Kier alpha value is -2.31. The van der Waals surface area contributed by atoms with Crippen molar-refractivity contribution in [3.05, 3.63) is 23.7 Å². The van der Waals surface area contributed by atoms with Crippen molar-refractivity contribution in [2.24, 2.45) is 11.8 Å². The lowest BCUT2D eigenvalue weighted by Crippen LogP contribution is -2.47. The molecule has 0 aromatic carbocycles. The van der Waals surface area contributed by atoms with Gasteiger partial charge in [-0.3, -0.25) is 25.2 Å². The first-order valence-corrected chi connectivity index (χ1v) is 6.87. The van der Waals surface area contributed by atoms with Crippen LogP contribution in [0.5, 0.6) is 0 Å². The number of aryl methyl sites for hydroxylation is 1. The van der Waals surface area contributed by atoms with Gasteiger partial charge >= 0.3 is 5.97 Å². The quantitative estimate of drug-likeness (QED) is 0.727. The van der Waals surface area contributed by atoms with Crippen LogP contribution in [0.15, 0.2) is 16.7 Å². The van der Waals surface area contributed by atoms with Gasteiger partial charge in [-0.25, -0.2) is 0 Å². The maximum absolute atomic E-state index is 12.1. The molecule has 3 N–H and O–H groups in total. The molecule has 114 valence electrons. The minimum Gasteiger partial charge on any atom is -0.481 e. The fourth-order valence-electron chi connectivity index (χ4n) is 2.64. The molecule has 1 heterocycles. The second-order valence-electron chi connectivity index (χ2n) is 5.17. The number of carboxylic acid groups (broad SMARTS) is 1. The molecule has 1 aliphatic rings. The van der Waals surface area contributed by atoms with Gasteiger partial charge in [-0.05, 0) is 25.8 Å². The highest BCUT2D eigenvalue weighted by Crippen LogP contribution is 2.30. The Morgan fingerprint density at radius 2 is 1.86 bits per heavy atom. The number of furan rings is 1. The standard InChI is InChI=1S/C14H18N2O5/c1-8-9(6-7-21-8)12(17)15-16-13(18)10-4-2-3-5-11(10)14(19)20/h6-7,10-11H,2-5H2,1H3,(H,15,17)(H,16,18)(H,19,20)/t10?,11-/m0/s1. The number of carbonyl (C=O) groups excluding carboxylic acids is 2. The molecule has 1 aliphatic carbocycles. The van der Waals surface area contributed by atoms with Crippen LogP contribution in [0.2, 0.25) is 0 Å². The third-order valence-corrected chi connectivity index (χ3v) is 3.82. The Bertz CT molecular complexity index is 551. The fraction of sp³-hybridized carbons (Fsp3) is 0.500. The lowest BCUT2D eigenvalue weighted by Gasteiger charge is -2.27. The van der Waals surface area contributed by atoms with Crippen molar-refractivity contribution in [2.45, 2.75) is 32.6 Å². The van der Waals surface area contributed by atoms with E-state index in [1.54, 1.807) is 6.92 Å². The van der Waals surface area contributed by atoms with Gasteiger partial charge in [-0.2, -0.15) is 0 Å². The van der Waals surface area contributed by atoms with Crippen molar-refractivity contribution in [1.29, 1.82) is 0 Å². The molecular weight excluding hydrogens is 276 g/mol. The largest absolute Gasteiger partial charge is 0.481 e. The van der Waals surface area contributed by atoms with Crippen molar-refractivity contribution in [3.8, 4) is 0 Å². The van der Waals surface area contributed by atoms with Gasteiger partial charge in [0.15, 0.2) is 0 Å². The highest BCUT2D eigenvalue weighted by Gasteiger charge is 2.35. The highest BCUT2D eigenvalue weighted by atomic mass is 16.4. The summed E-state index contributed by atoms with van der Waals surface area (Å²) >= 11 is 0. The van der Waals surface area contributed by atoms with Gasteiger partial charge in [-0.15, -0.1) is 0 Å². The van der Waals surface area contributed by atoms with Crippen LogP contribution in [0, 0.1) is 18.8 Å². The smallest absolute Gasteiger partial charge is 0.307 e. The van der Waals surface area contributed by atoms with Crippen LogP contribution in [-0.4, -0.2) is 22.9 Å². The van der Waals surface area contributed by atoms with Gasteiger partial charge in [0.25, 0.3) is 5.91 Å². The van der Waals surface area contributed by atoms with Crippen LogP contribution in [0.1, 0.15) is 41.8 Å². The molecule has 0 bridgehead atoms. The minimum absolute atomic E-state index is 0.328. The zero-order valence-electron chi connectivity index (χ0n) is 11.7. The lowest BCUT2D eigenvalue weighted by molar-refractivity contribution is -0.149. The number of rotatable bonds is 3. The average molecular weight is 294 g/mol. The van der Waals surface area contributed by atoms with Crippen molar-refractivity contribution in [2.75, 3.05) is 0 Å². The number of amides is 2. The van der Waals surface area contributed by atoms with Crippen molar-refractivity contribution < 1.29 is 23.9 Å². The molecule has 0 aliphatic heterocycles. The molecule has 21 heavy (non-hydrogen) atoms. The number of hydrazine groups is 1. The Morgan fingerprint density at radius 1 is 1.19 bits per heavy atom. The Labute approximate surface area is 121 Å². The zero-order valence-corrected chi connectivity index (χ0v) is 11.7. The summed E-state index contributed by atoms with van der Waals surface area (Å²) in [5.74, 6) is -2.77. The maximum Gasteiger partial charge on any atom is 0.307 e. The van der Waals surface area contributed by atoms with Crippen LogP contribution >= 0.6 is 0 Å². The molecule has 1 saturated carbocycles. The second-order valence-corrected chi connectivity index (χ2v) is 5.17. The molecule has 7 heteroatoms. The predicted molar refractivity (Wildman–Crippen MR) is 72.1 cm³/mol. The van der Waals surface area contributed by atoms with E-state index in [-0.39, 0.29) is 0 Å². The molecule has 2 rings (SSSR count). The lowest BCUT2D eigenvalue weighted by atomic mass is 9.79. The summed E-state index contributed by atoms with van der Waals surface area (Å²) in [5.41, 5.74) is 4.93. The van der Waals surface area contributed by atoms with E-state index < -0.39 is 29.6 Å².